The van der Waals surface area contributed by atoms with E-state index in [4.69, 9.17) is 0 Å². The second-order valence-electron chi connectivity index (χ2n) is 10.1. The van der Waals surface area contributed by atoms with E-state index in [0.29, 0.717) is 12.0 Å². The second-order valence-corrected chi connectivity index (χ2v) is 12.1. The van der Waals surface area contributed by atoms with Gasteiger partial charge in [0.1, 0.15) is 0 Å². The number of hydrogen-bond donors (Lipinski definition) is 1. The van der Waals surface area contributed by atoms with E-state index in [1.165, 1.54) is 33.5 Å². The first kappa shape index (κ1) is 29.4. The molecule has 0 unspecified atom stereocenters. The molecule has 6 nitrogen and oxygen atoms in total. The summed E-state index contributed by atoms with van der Waals surface area (Å²) in [4.78, 5) is 18.5. The number of alkyl halides is 3. The predicted molar refractivity (Wildman–Crippen MR) is 149 cm³/mol. The molecule has 0 fully saturated rings. The minimum atomic E-state index is -4.47. The summed E-state index contributed by atoms with van der Waals surface area (Å²) in [7, 11) is -3.95. The van der Waals surface area contributed by atoms with Crippen LogP contribution >= 0.6 is 0 Å². The van der Waals surface area contributed by atoms with Crippen LogP contribution in [0.15, 0.2) is 90.0 Å². The number of hydrogen-bond acceptors (Lipinski definition) is 3. The highest BCUT2D eigenvalue weighted by Gasteiger charge is 2.31. The van der Waals surface area contributed by atoms with Crippen molar-refractivity contribution < 1.29 is 26.4 Å². The Bertz CT molecular complexity index is 1530. The number of halogens is 3. The molecule has 0 saturated carbocycles. The van der Waals surface area contributed by atoms with Crippen molar-refractivity contribution in [2.24, 2.45) is 5.92 Å². The zero-order valence-corrected chi connectivity index (χ0v) is 23.2. The van der Waals surface area contributed by atoms with Gasteiger partial charge in [-0.3, -0.25) is 4.79 Å². The Morgan fingerprint density at radius 2 is 1.57 bits per heavy atom. The number of amides is 1. The summed E-state index contributed by atoms with van der Waals surface area (Å²) < 4.78 is 67.3. The van der Waals surface area contributed by atoms with E-state index in [1.54, 1.807) is 18.2 Å². The van der Waals surface area contributed by atoms with E-state index in [1.807, 2.05) is 44.3 Å². The SMILES string of the molecule is CC(C)CN(CC(=O)N(CCc1c[nH]c2ccccc12)Cc1ccc(C(F)(F)F)cc1)S(=O)(=O)c1ccccc1. The van der Waals surface area contributed by atoms with Crippen molar-refractivity contribution in [3.8, 4) is 0 Å². The van der Waals surface area contributed by atoms with Gasteiger partial charge in [0.15, 0.2) is 0 Å². The number of sulfonamides is 1. The van der Waals surface area contributed by atoms with Crippen LogP contribution in [0.4, 0.5) is 13.2 Å². The summed E-state index contributed by atoms with van der Waals surface area (Å²) in [5.74, 6) is -0.472. The normalized spacial score (nSPS) is 12.4. The van der Waals surface area contributed by atoms with Gasteiger partial charge in [-0.15, -0.1) is 0 Å². The molecule has 0 aliphatic heterocycles. The van der Waals surface area contributed by atoms with Crippen LogP contribution in [0.5, 0.6) is 0 Å². The maximum atomic E-state index is 13.7. The van der Waals surface area contributed by atoms with Crippen molar-refractivity contribution in [1.29, 1.82) is 0 Å². The fraction of sp³-hybridized carbons (Fsp3) is 0.300. The Kier molecular flexibility index (Phi) is 9.00. The van der Waals surface area contributed by atoms with Gasteiger partial charge in [-0.2, -0.15) is 17.5 Å². The Hall–Kier alpha value is -3.63. The fourth-order valence-corrected chi connectivity index (χ4v) is 6.13. The number of aromatic nitrogens is 1. The minimum Gasteiger partial charge on any atom is -0.361 e. The summed E-state index contributed by atoms with van der Waals surface area (Å²) in [6.07, 6.45) is -2.12. The number of benzene rings is 3. The standard InChI is InChI=1S/C30H32F3N3O3S/c1-22(2)19-36(40(38,39)26-8-4-3-5-9-26)21-29(37)35(20-23-12-14-25(15-13-23)30(31,32)33)17-16-24-18-34-28-11-7-6-10-27(24)28/h3-15,18,22,34H,16-17,19-21H2,1-2H3. The van der Waals surface area contributed by atoms with Gasteiger partial charge in [-0.25, -0.2) is 8.42 Å². The lowest BCUT2D eigenvalue weighted by atomic mass is 10.1. The van der Waals surface area contributed by atoms with Crippen LogP contribution in [0, 0.1) is 5.92 Å². The molecule has 212 valence electrons. The first-order valence-corrected chi connectivity index (χ1v) is 14.4. The quantitative estimate of drug-likeness (QED) is 0.236. The van der Waals surface area contributed by atoms with E-state index in [-0.39, 0.29) is 37.0 Å². The van der Waals surface area contributed by atoms with Gasteiger partial charge in [0.2, 0.25) is 15.9 Å². The van der Waals surface area contributed by atoms with E-state index >= 15 is 0 Å². The Morgan fingerprint density at radius 3 is 2.23 bits per heavy atom. The molecule has 0 radical (unpaired) electrons. The molecule has 40 heavy (non-hydrogen) atoms. The lowest BCUT2D eigenvalue weighted by molar-refractivity contribution is -0.137. The van der Waals surface area contributed by atoms with Crippen LogP contribution in [-0.2, 0) is 34.0 Å². The maximum absolute atomic E-state index is 13.7. The molecule has 3 aromatic carbocycles. The molecule has 0 spiro atoms. The molecule has 10 heteroatoms. The van der Waals surface area contributed by atoms with Crippen molar-refractivity contribution in [3.05, 3.63) is 102 Å². The predicted octanol–water partition coefficient (Wildman–Crippen LogP) is 6.10. The van der Waals surface area contributed by atoms with Crippen LogP contribution in [0.2, 0.25) is 0 Å². The molecule has 1 N–H and O–H groups in total. The number of fused-ring (bicyclic) bond motifs is 1. The van der Waals surface area contributed by atoms with Crippen LogP contribution < -0.4 is 0 Å². The molecule has 1 heterocycles. The minimum absolute atomic E-state index is 0.0409. The van der Waals surface area contributed by atoms with Gasteiger partial charge >= 0.3 is 6.18 Å². The van der Waals surface area contributed by atoms with Crippen molar-refractivity contribution in [3.63, 3.8) is 0 Å². The number of rotatable bonds is 11. The number of para-hydroxylation sites is 1. The Labute approximate surface area is 232 Å². The molecule has 1 amide bonds. The number of carbonyl (C=O) groups excluding carboxylic acids is 1. The topological polar surface area (TPSA) is 73.5 Å². The van der Waals surface area contributed by atoms with Gasteiger partial charge in [0, 0.05) is 36.7 Å². The molecule has 0 aliphatic carbocycles. The van der Waals surface area contributed by atoms with Crippen LogP contribution in [0.3, 0.4) is 0 Å². The summed E-state index contributed by atoms with van der Waals surface area (Å²) >= 11 is 0. The summed E-state index contributed by atoms with van der Waals surface area (Å²) in [6, 6.07) is 20.4. The van der Waals surface area contributed by atoms with E-state index in [0.717, 1.165) is 28.6 Å². The summed E-state index contributed by atoms with van der Waals surface area (Å²) in [5.41, 5.74) is 1.68. The largest absolute Gasteiger partial charge is 0.416 e. The first-order chi connectivity index (χ1) is 18.9. The molecule has 4 aromatic rings. The maximum Gasteiger partial charge on any atom is 0.416 e. The average molecular weight is 572 g/mol. The lowest BCUT2D eigenvalue weighted by Gasteiger charge is -2.28. The van der Waals surface area contributed by atoms with Crippen molar-refractivity contribution >= 4 is 26.8 Å². The van der Waals surface area contributed by atoms with Crippen LogP contribution in [0.1, 0.15) is 30.5 Å². The van der Waals surface area contributed by atoms with Gasteiger partial charge in [0.05, 0.1) is 17.0 Å². The summed E-state index contributed by atoms with van der Waals surface area (Å²) in [5, 5.41) is 1.01. The monoisotopic (exact) mass is 571 g/mol. The Morgan fingerprint density at radius 1 is 0.925 bits per heavy atom. The zero-order valence-electron chi connectivity index (χ0n) is 22.4. The van der Waals surface area contributed by atoms with Crippen LogP contribution in [-0.4, -0.2) is 48.1 Å². The van der Waals surface area contributed by atoms with E-state index in [2.05, 4.69) is 4.98 Å². The van der Waals surface area contributed by atoms with Gasteiger partial charge < -0.3 is 9.88 Å². The molecule has 1 aromatic heterocycles. The van der Waals surface area contributed by atoms with Crippen molar-refractivity contribution in [2.45, 2.75) is 37.9 Å². The van der Waals surface area contributed by atoms with Gasteiger partial charge in [-0.05, 0) is 53.8 Å². The molecule has 0 bridgehead atoms. The number of carbonyl (C=O) groups is 1. The summed E-state index contributed by atoms with van der Waals surface area (Å²) in [6.45, 7) is 3.79. The third-order valence-electron chi connectivity index (χ3n) is 6.59. The number of nitrogens with one attached hydrogen (secondary N) is 1. The van der Waals surface area contributed by atoms with E-state index < -0.39 is 27.7 Å². The zero-order chi connectivity index (χ0) is 28.9. The molecular formula is C30H32F3N3O3S. The highest BCUT2D eigenvalue weighted by atomic mass is 32.2. The third-order valence-corrected chi connectivity index (χ3v) is 8.42. The molecule has 0 atom stereocenters. The smallest absolute Gasteiger partial charge is 0.361 e. The van der Waals surface area contributed by atoms with E-state index in [9.17, 15) is 26.4 Å². The highest BCUT2D eigenvalue weighted by molar-refractivity contribution is 7.89. The van der Waals surface area contributed by atoms with Crippen molar-refractivity contribution in [1.82, 2.24) is 14.2 Å². The Balaban J connectivity index is 1.60. The fourth-order valence-electron chi connectivity index (χ4n) is 4.55. The highest BCUT2D eigenvalue weighted by Crippen LogP contribution is 2.29. The number of H-pyrrole nitrogens is 1. The van der Waals surface area contributed by atoms with Gasteiger partial charge in [0.25, 0.3) is 0 Å². The number of nitrogens with zero attached hydrogens (tertiary/aromatic N) is 2. The lowest BCUT2D eigenvalue weighted by Crippen LogP contribution is -2.44. The average Bonchev–Trinajstić information content (AvgIpc) is 3.33. The third kappa shape index (κ3) is 7.11. The van der Waals surface area contributed by atoms with Crippen LogP contribution in [0.25, 0.3) is 10.9 Å². The molecule has 0 saturated heterocycles. The number of aromatic amines is 1. The molecule has 4 rings (SSSR count). The van der Waals surface area contributed by atoms with Gasteiger partial charge in [-0.1, -0.05) is 62.4 Å². The molecule has 0 aliphatic rings. The molecular weight excluding hydrogens is 539 g/mol. The van der Waals surface area contributed by atoms with Crippen molar-refractivity contribution in [2.75, 3.05) is 19.6 Å². The first-order valence-electron chi connectivity index (χ1n) is 13.0. The second kappa shape index (κ2) is 12.3.